The number of hydrogen-bond acceptors (Lipinski definition) is 1. The Balaban J connectivity index is 1.97. The van der Waals surface area contributed by atoms with Crippen molar-refractivity contribution in [2.24, 2.45) is 0 Å². The minimum absolute atomic E-state index is 0.133. The molecule has 1 aliphatic heterocycles. The maximum atomic E-state index is 6.68. The van der Waals surface area contributed by atoms with Crippen molar-refractivity contribution in [3.05, 3.63) is 61.1 Å². The molecule has 3 rings (SSSR count). The number of ether oxygens (including phenoxy) is 1. The van der Waals surface area contributed by atoms with Gasteiger partial charge in [0.15, 0.2) is 0 Å². The van der Waals surface area contributed by atoms with Gasteiger partial charge in [-0.2, -0.15) is 0 Å². The molecule has 2 aromatic rings. The zero-order valence-electron chi connectivity index (χ0n) is 10.7. The fourth-order valence-electron chi connectivity index (χ4n) is 2.43. The molecule has 0 aliphatic carbocycles. The highest BCUT2D eigenvalue weighted by molar-refractivity contribution is 14.1. The lowest BCUT2D eigenvalue weighted by Crippen LogP contribution is -2.09. The summed E-state index contributed by atoms with van der Waals surface area (Å²) in [5.74, 6) is 1.01. The van der Waals surface area contributed by atoms with Gasteiger partial charge in [0.25, 0.3) is 0 Å². The van der Waals surface area contributed by atoms with Crippen molar-refractivity contribution < 1.29 is 4.74 Å². The van der Waals surface area contributed by atoms with Gasteiger partial charge in [-0.25, -0.2) is 0 Å². The summed E-state index contributed by atoms with van der Waals surface area (Å²) >= 11 is 12.5. The third-order valence-corrected chi connectivity index (χ3v) is 5.42. The zero-order valence-corrected chi connectivity index (χ0v) is 15.2. The van der Waals surface area contributed by atoms with E-state index in [0.29, 0.717) is 0 Å². The minimum atomic E-state index is -0.133. The van der Waals surface area contributed by atoms with Crippen LogP contribution in [0, 0.1) is 3.57 Å². The van der Waals surface area contributed by atoms with Crippen LogP contribution in [-0.4, -0.2) is 6.61 Å². The number of halogens is 3. The third-order valence-electron chi connectivity index (χ3n) is 3.46. The van der Waals surface area contributed by atoms with Gasteiger partial charge in [-0.15, -0.1) is 11.6 Å². The lowest BCUT2D eigenvalue weighted by atomic mass is 9.99. The quantitative estimate of drug-likeness (QED) is 0.410. The lowest BCUT2D eigenvalue weighted by Gasteiger charge is -2.20. The van der Waals surface area contributed by atoms with Crippen molar-refractivity contribution in [1.82, 2.24) is 0 Å². The van der Waals surface area contributed by atoms with Gasteiger partial charge < -0.3 is 4.74 Å². The summed E-state index contributed by atoms with van der Waals surface area (Å²) in [4.78, 5) is 0. The molecule has 0 bridgehead atoms. The van der Waals surface area contributed by atoms with Crippen LogP contribution in [0.3, 0.4) is 0 Å². The number of fused-ring (bicyclic) bond motifs is 1. The molecular weight excluding hydrogens is 450 g/mol. The SMILES string of the molecule is ClC(c1ccc2c(c1)CCCO2)c1cc(Br)ccc1I. The van der Waals surface area contributed by atoms with Crippen molar-refractivity contribution in [3.63, 3.8) is 0 Å². The average Bonchev–Trinajstić information content (AvgIpc) is 2.48. The molecule has 1 aliphatic rings. The Hall–Kier alpha value is -0.260. The average molecular weight is 464 g/mol. The van der Waals surface area contributed by atoms with Crippen LogP contribution >= 0.6 is 50.1 Å². The standard InChI is InChI=1S/C16H13BrClIO/c17-12-4-5-14(19)13(9-12)16(18)11-3-6-15-10(8-11)2-1-7-20-15/h3-6,8-9,16H,1-2,7H2. The van der Waals surface area contributed by atoms with Crippen molar-refractivity contribution >= 4 is 50.1 Å². The summed E-state index contributed by atoms with van der Waals surface area (Å²) in [5, 5.41) is -0.133. The molecule has 0 amide bonds. The predicted octanol–water partition coefficient (Wildman–Crippen LogP) is 5.71. The molecule has 0 N–H and O–H groups in total. The first kappa shape index (κ1) is 14.7. The van der Waals surface area contributed by atoms with Gasteiger partial charge in [0.05, 0.1) is 12.0 Å². The van der Waals surface area contributed by atoms with Crippen LogP contribution in [0.2, 0.25) is 0 Å². The fourth-order valence-corrected chi connectivity index (χ4v) is 3.95. The van der Waals surface area contributed by atoms with Crippen molar-refractivity contribution in [2.75, 3.05) is 6.61 Å². The number of benzene rings is 2. The number of hydrogen-bond donors (Lipinski definition) is 0. The molecule has 0 fully saturated rings. The molecule has 0 saturated heterocycles. The van der Waals surface area contributed by atoms with E-state index in [-0.39, 0.29) is 5.38 Å². The van der Waals surface area contributed by atoms with Crippen molar-refractivity contribution in [3.8, 4) is 5.75 Å². The van der Waals surface area contributed by atoms with E-state index >= 15 is 0 Å². The van der Waals surface area contributed by atoms with Crippen LogP contribution < -0.4 is 4.74 Å². The highest BCUT2D eigenvalue weighted by atomic mass is 127. The molecule has 0 aromatic heterocycles. The van der Waals surface area contributed by atoms with Crippen LogP contribution in [-0.2, 0) is 6.42 Å². The molecule has 1 atom stereocenters. The highest BCUT2D eigenvalue weighted by Gasteiger charge is 2.17. The molecular formula is C16H13BrClIO. The fraction of sp³-hybridized carbons (Fsp3) is 0.250. The van der Waals surface area contributed by atoms with E-state index in [1.54, 1.807) is 0 Å². The first-order chi connectivity index (χ1) is 9.65. The summed E-state index contributed by atoms with van der Waals surface area (Å²) in [6.07, 6.45) is 2.15. The van der Waals surface area contributed by atoms with E-state index in [2.05, 4.69) is 62.8 Å². The first-order valence-electron chi connectivity index (χ1n) is 6.50. The molecule has 104 valence electrons. The molecule has 2 aromatic carbocycles. The summed E-state index contributed by atoms with van der Waals surface area (Å²) in [6, 6.07) is 12.5. The van der Waals surface area contributed by atoms with Gasteiger partial charge in [0, 0.05) is 8.04 Å². The Morgan fingerprint density at radius 3 is 2.90 bits per heavy atom. The van der Waals surface area contributed by atoms with Gasteiger partial charge in [-0.1, -0.05) is 28.1 Å². The Morgan fingerprint density at radius 2 is 2.05 bits per heavy atom. The Labute approximate surface area is 145 Å². The molecule has 0 saturated carbocycles. The molecule has 20 heavy (non-hydrogen) atoms. The second-order valence-corrected chi connectivity index (χ2v) is 7.36. The molecule has 1 nitrogen and oxygen atoms in total. The maximum absolute atomic E-state index is 6.68. The molecule has 1 unspecified atom stereocenters. The van der Waals surface area contributed by atoms with Gasteiger partial charge in [0.2, 0.25) is 0 Å². The second-order valence-electron chi connectivity index (χ2n) is 4.85. The normalized spacial score (nSPS) is 15.3. The van der Waals surface area contributed by atoms with Crippen LogP contribution in [0.15, 0.2) is 40.9 Å². The molecule has 0 spiro atoms. The predicted molar refractivity (Wildman–Crippen MR) is 94.8 cm³/mol. The molecule has 4 heteroatoms. The molecule has 0 radical (unpaired) electrons. The summed E-state index contributed by atoms with van der Waals surface area (Å²) in [5.41, 5.74) is 3.54. The van der Waals surface area contributed by atoms with E-state index in [0.717, 1.165) is 40.8 Å². The maximum Gasteiger partial charge on any atom is 0.122 e. The topological polar surface area (TPSA) is 9.23 Å². The first-order valence-corrected chi connectivity index (χ1v) is 8.80. The van der Waals surface area contributed by atoms with Gasteiger partial charge in [-0.05, 0) is 76.4 Å². The van der Waals surface area contributed by atoms with E-state index in [1.165, 1.54) is 9.13 Å². The Morgan fingerprint density at radius 1 is 1.20 bits per heavy atom. The van der Waals surface area contributed by atoms with Crippen LogP contribution in [0.5, 0.6) is 5.75 Å². The zero-order chi connectivity index (χ0) is 14.1. The largest absolute Gasteiger partial charge is 0.493 e. The molecule has 1 heterocycles. The van der Waals surface area contributed by atoms with Crippen LogP contribution in [0.1, 0.15) is 28.5 Å². The van der Waals surface area contributed by atoms with Crippen LogP contribution in [0.25, 0.3) is 0 Å². The number of alkyl halides is 1. The highest BCUT2D eigenvalue weighted by Crippen LogP contribution is 2.36. The van der Waals surface area contributed by atoms with E-state index in [4.69, 9.17) is 16.3 Å². The van der Waals surface area contributed by atoms with Gasteiger partial charge >= 0.3 is 0 Å². The van der Waals surface area contributed by atoms with Crippen molar-refractivity contribution in [1.29, 1.82) is 0 Å². The van der Waals surface area contributed by atoms with Gasteiger partial charge in [-0.3, -0.25) is 0 Å². The van der Waals surface area contributed by atoms with Gasteiger partial charge in [0.1, 0.15) is 5.75 Å². The van der Waals surface area contributed by atoms with E-state index < -0.39 is 0 Å². The summed E-state index contributed by atoms with van der Waals surface area (Å²) in [6.45, 7) is 0.820. The summed E-state index contributed by atoms with van der Waals surface area (Å²) < 4.78 is 7.89. The Bertz CT molecular complexity index is 644. The minimum Gasteiger partial charge on any atom is -0.493 e. The lowest BCUT2D eigenvalue weighted by molar-refractivity contribution is 0.288. The van der Waals surface area contributed by atoms with Crippen molar-refractivity contribution in [2.45, 2.75) is 18.2 Å². The second kappa shape index (κ2) is 6.24. The van der Waals surface area contributed by atoms with E-state index in [1.807, 2.05) is 12.1 Å². The monoisotopic (exact) mass is 462 g/mol. The van der Waals surface area contributed by atoms with E-state index in [9.17, 15) is 0 Å². The van der Waals surface area contributed by atoms with Crippen LogP contribution in [0.4, 0.5) is 0 Å². The summed E-state index contributed by atoms with van der Waals surface area (Å²) in [7, 11) is 0. The number of aryl methyl sites for hydroxylation is 1. The smallest absolute Gasteiger partial charge is 0.122 e. The number of rotatable bonds is 2. The third kappa shape index (κ3) is 3.00. The Kier molecular flexibility index (Phi) is 4.58.